The molecule has 1 heterocycles. The third-order valence-electron chi connectivity index (χ3n) is 3.04. The highest BCUT2D eigenvalue weighted by atomic mass is 79.9. The number of thiophene rings is 1. The highest BCUT2D eigenvalue weighted by Crippen LogP contribution is 2.25. The summed E-state index contributed by atoms with van der Waals surface area (Å²) in [5.74, 6) is 0. The number of hydrogen-bond acceptors (Lipinski definition) is 4. The van der Waals surface area contributed by atoms with Crippen molar-refractivity contribution in [2.45, 2.75) is 26.4 Å². The van der Waals surface area contributed by atoms with Crippen LogP contribution >= 0.6 is 27.3 Å². The molecular formula is C14H15BrN2O2S. The van der Waals surface area contributed by atoms with Crippen LogP contribution in [0.25, 0.3) is 0 Å². The molecule has 4 nitrogen and oxygen atoms in total. The van der Waals surface area contributed by atoms with Crippen LogP contribution in [0.4, 0.5) is 5.69 Å². The van der Waals surface area contributed by atoms with Crippen molar-refractivity contribution in [1.29, 1.82) is 0 Å². The van der Waals surface area contributed by atoms with Crippen molar-refractivity contribution in [3.8, 4) is 0 Å². The number of nitrogens with zero attached hydrogens (tertiary/aromatic N) is 1. The Morgan fingerprint density at radius 3 is 2.85 bits per heavy atom. The van der Waals surface area contributed by atoms with E-state index in [-0.39, 0.29) is 10.6 Å². The van der Waals surface area contributed by atoms with Crippen molar-refractivity contribution in [2.24, 2.45) is 0 Å². The molecule has 6 heteroatoms. The summed E-state index contributed by atoms with van der Waals surface area (Å²) in [6, 6.07) is 7.36. The van der Waals surface area contributed by atoms with Crippen molar-refractivity contribution >= 4 is 33.0 Å². The molecule has 0 saturated heterocycles. The van der Waals surface area contributed by atoms with E-state index in [0.29, 0.717) is 11.0 Å². The summed E-state index contributed by atoms with van der Waals surface area (Å²) in [4.78, 5) is 11.8. The van der Waals surface area contributed by atoms with Crippen molar-refractivity contribution in [2.75, 3.05) is 0 Å². The van der Waals surface area contributed by atoms with Gasteiger partial charge in [0.25, 0.3) is 5.69 Å². The number of rotatable bonds is 6. The van der Waals surface area contributed by atoms with E-state index in [1.807, 2.05) is 6.07 Å². The Bertz CT molecular complexity index is 613. The number of aryl methyl sites for hydroxylation is 1. The molecule has 0 aliphatic carbocycles. The topological polar surface area (TPSA) is 55.2 Å². The maximum Gasteiger partial charge on any atom is 0.283 e. The van der Waals surface area contributed by atoms with Crippen LogP contribution in [0.1, 0.15) is 22.9 Å². The molecular weight excluding hydrogens is 340 g/mol. The minimum Gasteiger partial charge on any atom is -0.308 e. The van der Waals surface area contributed by atoms with Crippen LogP contribution in [-0.2, 0) is 19.5 Å². The first kappa shape index (κ1) is 15.2. The number of nitrogens with one attached hydrogen (secondary N) is 1. The monoisotopic (exact) mass is 354 g/mol. The zero-order valence-electron chi connectivity index (χ0n) is 11.1. The summed E-state index contributed by atoms with van der Waals surface area (Å²) in [5, 5.41) is 16.3. The zero-order chi connectivity index (χ0) is 14.5. The van der Waals surface area contributed by atoms with Crippen molar-refractivity contribution in [3.05, 3.63) is 60.2 Å². The van der Waals surface area contributed by atoms with Gasteiger partial charge in [0.2, 0.25) is 0 Å². The van der Waals surface area contributed by atoms with Gasteiger partial charge in [-0.2, -0.15) is 0 Å². The standard InChI is InChI=1S/C14H15BrN2O2S/c1-2-11-5-6-20-14(11)9-16-8-10-3-4-12(15)13(7-10)17(18)19/h3-7,16H,2,8-9H2,1H3. The average molecular weight is 355 g/mol. The third-order valence-corrected chi connectivity index (χ3v) is 4.67. The molecule has 0 aliphatic rings. The van der Waals surface area contributed by atoms with E-state index in [0.717, 1.165) is 18.5 Å². The maximum absolute atomic E-state index is 10.9. The van der Waals surface area contributed by atoms with Gasteiger partial charge in [0.05, 0.1) is 9.40 Å². The Labute approximate surface area is 130 Å². The molecule has 1 N–H and O–H groups in total. The number of nitro groups is 1. The molecule has 0 radical (unpaired) electrons. The Kier molecular flexibility index (Phi) is 5.28. The SMILES string of the molecule is CCc1ccsc1CNCc1ccc(Br)c([N+](=O)[O-])c1. The lowest BCUT2D eigenvalue weighted by Crippen LogP contribution is -2.12. The molecule has 2 rings (SSSR count). The molecule has 0 atom stereocenters. The largest absolute Gasteiger partial charge is 0.308 e. The second-order valence-corrected chi connectivity index (χ2v) is 6.22. The van der Waals surface area contributed by atoms with Gasteiger partial charge in [-0.3, -0.25) is 10.1 Å². The minimum absolute atomic E-state index is 0.106. The Morgan fingerprint density at radius 2 is 2.15 bits per heavy atom. The van der Waals surface area contributed by atoms with Crippen LogP contribution in [0.5, 0.6) is 0 Å². The second-order valence-electron chi connectivity index (χ2n) is 4.37. The average Bonchev–Trinajstić information content (AvgIpc) is 2.88. The first-order chi connectivity index (χ1) is 9.61. The Balaban J connectivity index is 1.98. The Morgan fingerprint density at radius 1 is 1.35 bits per heavy atom. The van der Waals surface area contributed by atoms with Crippen LogP contribution in [0.3, 0.4) is 0 Å². The molecule has 0 fully saturated rings. The summed E-state index contributed by atoms with van der Waals surface area (Å²) in [6.45, 7) is 3.56. The summed E-state index contributed by atoms with van der Waals surface area (Å²) in [6.07, 6.45) is 1.03. The lowest BCUT2D eigenvalue weighted by Gasteiger charge is -2.06. The maximum atomic E-state index is 10.9. The molecule has 0 unspecified atom stereocenters. The van der Waals surface area contributed by atoms with Gasteiger partial charge in [-0.05, 0) is 51.0 Å². The van der Waals surface area contributed by atoms with E-state index < -0.39 is 0 Å². The smallest absolute Gasteiger partial charge is 0.283 e. The third kappa shape index (κ3) is 3.65. The van der Waals surface area contributed by atoms with E-state index in [4.69, 9.17) is 0 Å². The van der Waals surface area contributed by atoms with Crippen molar-refractivity contribution < 1.29 is 4.92 Å². The van der Waals surface area contributed by atoms with Gasteiger partial charge in [0, 0.05) is 24.0 Å². The van der Waals surface area contributed by atoms with E-state index in [2.05, 4.69) is 39.6 Å². The van der Waals surface area contributed by atoms with Gasteiger partial charge in [-0.1, -0.05) is 13.0 Å². The summed E-state index contributed by atoms with van der Waals surface area (Å²) < 4.78 is 0.512. The van der Waals surface area contributed by atoms with Crippen molar-refractivity contribution in [1.82, 2.24) is 5.32 Å². The van der Waals surface area contributed by atoms with Crippen LogP contribution in [0.15, 0.2) is 34.1 Å². The molecule has 20 heavy (non-hydrogen) atoms. The van der Waals surface area contributed by atoms with E-state index >= 15 is 0 Å². The lowest BCUT2D eigenvalue weighted by molar-refractivity contribution is -0.385. The molecule has 0 saturated carbocycles. The molecule has 106 valence electrons. The predicted octanol–water partition coefficient (Wildman–Crippen LogP) is 4.27. The number of halogens is 1. The lowest BCUT2D eigenvalue weighted by atomic mass is 10.2. The van der Waals surface area contributed by atoms with Gasteiger partial charge in [0.15, 0.2) is 0 Å². The van der Waals surface area contributed by atoms with E-state index in [1.54, 1.807) is 23.5 Å². The molecule has 1 aromatic carbocycles. The fourth-order valence-electron chi connectivity index (χ4n) is 1.97. The molecule has 0 aliphatic heterocycles. The highest BCUT2D eigenvalue weighted by molar-refractivity contribution is 9.10. The molecule has 1 aromatic heterocycles. The van der Waals surface area contributed by atoms with E-state index in [1.165, 1.54) is 10.4 Å². The highest BCUT2D eigenvalue weighted by Gasteiger charge is 2.12. The van der Waals surface area contributed by atoms with Crippen LogP contribution in [0, 0.1) is 10.1 Å². The fraction of sp³-hybridized carbons (Fsp3) is 0.286. The van der Waals surface area contributed by atoms with Crippen LogP contribution in [0.2, 0.25) is 0 Å². The first-order valence-corrected chi connectivity index (χ1v) is 7.98. The summed E-state index contributed by atoms with van der Waals surface area (Å²) in [7, 11) is 0. The Hall–Kier alpha value is -1.24. The molecule has 0 spiro atoms. The minimum atomic E-state index is -0.373. The molecule has 0 bridgehead atoms. The van der Waals surface area contributed by atoms with Gasteiger partial charge < -0.3 is 5.32 Å². The number of benzene rings is 1. The predicted molar refractivity (Wildman–Crippen MR) is 85.0 cm³/mol. The van der Waals surface area contributed by atoms with Gasteiger partial charge >= 0.3 is 0 Å². The van der Waals surface area contributed by atoms with Gasteiger partial charge in [-0.25, -0.2) is 0 Å². The summed E-state index contributed by atoms with van der Waals surface area (Å²) >= 11 is 4.93. The normalized spacial score (nSPS) is 10.7. The van der Waals surface area contributed by atoms with Crippen LogP contribution < -0.4 is 5.32 Å². The zero-order valence-corrected chi connectivity index (χ0v) is 13.5. The molecule has 0 amide bonds. The van der Waals surface area contributed by atoms with E-state index in [9.17, 15) is 10.1 Å². The quantitative estimate of drug-likeness (QED) is 0.622. The van der Waals surface area contributed by atoms with Gasteiger partial charge in [0.1, 0.15) is 0 Å². The first-order valence-electron chi connectivity index (χ1n) is 6.30. The number of nitro benzene ring substituents is 1. The van der Waals surface area contributed by atoms with Crippen LogP contribution in [-0.4, -0.2) is 4.92 Å². The van der Waals surface area contributed by atoms with Crippen molar-refractivity contribution in [3.63, 3.8) is 0 Å². The summed E-state index contributed by atoms with van der Waals surface area (Å²) in [5.41, 5.74) is 2.38. The molecule has 2 aromatic rings. The van der Waals surface area contributed by atoms with Gasteiger partial charge in [-0.15, -0.1) is 11.3 Å². The second kappa shape index (κ2) is 6.97. The number of hydrogen-bond donors (Lipinski definition) is 1. The fourth-order valence-corrected chi connectivity index (χ4v) is 3.30.